The number of rotatable bonds is 7. The first kappa shape index (κ1) is 22.2. The van der Waals surface area contributed by atoms with Crippen LogP contribution < -0.4 is 19.5 Å². The van der Waals surface area contributed by atoms with E-state index < -0.39 is 0 Å². The predicted molar refractivity (Wildman–Crippen MR) is 126 cm³/mol. The summed E-state index contributed by atoms with van der Waals surface area (Å²) in [6.45, 7) is 0. The maximum absolute atomic E-state index is 13.0. The number of nitrogens with one attached hydrogen (secondary N) is 1. The van der Waals surface area contributed by atoms with E-state index >= 15 is 0 Å². The summed E-state index contributed by atoms with van der Waals surface area (Å²) in [6, 6.07) is 17.5. The van der Waals surface area contributed by atoms with Crippen LogP contribution in [0.25, 0.3) is 22.8 Å². The molecule has 0 atom stereocenters. The Hall–Kier alpha value is -3.97. The van der Waals surface area contributed by atoms with Crippen molar-refractivity contribution in [1.82, 2.24) is 4.98 Å². The van der Waals surface area contributed by atoms with Crippen LogP contribution in [0.15, 0.2) is 71.3 Å². The second-order valence-corrected chi connectivity index (χ2v) is 7.35. The minimum atomic E-state index is -0.325. The lowest BCUT2D eigenvalue weighted by Crippen LogP contribution is -2.13. The van der Waals surface area contributed by atoms with E-state index in [9.17, 15) is 4.79 Å². The Morgan fingerprint density at radius 3 is 2.42 bits per heavy atom. The number of amides is 1. The van der Waals surface area contributed by atoms with Crippen molar-refractivity contribution in [2.75, 3.05) is 26.6 Å². The fourth-order valence-corrected chi connectivity index (χ4v) is 3.59. The molecule has 4 aromatic rings. The highest BCUT2D eigenvalue weighted by atomic mass is 35.5. The Bertz CT molecular complexity index is 1300. The first-order chi connectivity index (χ1) is 16.0. The molecule has 0 saturated heterocycles. The molecule has 4 rings (SSSR count). The third kappa shape index (κ3) is 4.63. The second-order valence-electron chi connectivity index (χ2n) is 6.94. The summed E-state index contributed by atoms with van der Waals surface area (Å²) >= 11 is 6.17. The van der Waals surface area contributed by atoms with Crippen LogP contribution in [0.2, 0.25) is 5.02 Å². The van der Waals surface area contributed by atoms with E-state index in [4.69, 9.17) is 30.2 Å². The number of carbonyl (C=O) groups excluding carboxylic acids is 1. The van der Waals surface area contributed by atoms with Crippen molar-refractivity contribution < 1.29 is 23.4 Å². The molecule has 0 aliphatic rings. The van der Waals surface area contributed by atoms with Crippen LogP contribution in [0.1, 0.15) is 10.4 Å². The summed E-state index contributed by atoms with van der Waals surface area (Å²) < 4.78 is 21.9. The van der Waals surface area contributed by atoms with Gasteiger partial charge >= 0.3 is 0 Å². The molecule has 0 radical (unpaired) electrons. The van der Waals surface area contributed by atoms with Crippen LogP contribution in [0.5, 0.6) is 17.2 Å². The summed E-state index contributed by atoms with van der Waals surface area (Å²) in [7, 11) is 4.69. The average Bonchev–Trinajstić information content (AvgIpc) is 3.33. The lowest BCUT2D eigenvalue weighted by Gasteiger charge is -2.10. The van der Waals surface area contributed by atoms with Gasteiger partial charge in [-0.1, -0.05) is 23.7 Å². The number of hydrogen-bond acceptors (Lipinski definition) is 6. The molecule has 0 aliphatic heterocycles. The SMILES string of the molecule is COc1ccc(-c2cnc(-c3ccccc3C(=O)Nc3ccc(OC)c(Cl)c3)o2)c(OC)c1. The van der Waals surface area contributed by atoms with Gasteiger partial charge < -0.3 is 23.9 Å². The van der Waals surface area contributed by atoms with Crippen molar-refractivity contribution in [3.8, 4) is 40.0 Å². The van der Waals surface area contributed by atoms with E-state index in [0.717, 1.165) is 0 Å². The minimum Gasteiger partial charge on any atom is -0.497 e. The number of aromatic nitrogens is 1. The van der Waals surface area contributed by atoms with Gasteiger partial charge in [0.15, 0.2) is 5.76 Å². The highest BCUT2D eigenvalue weighted by Crippen LogP contribution is 2.36. The molecule has 33 heavy (non-hydrogen) atoms. The van der Waals surface area contributed by atoms with E-state index in [1.54, 1.807) is 68.9 Å². The molecule has 1 amide bonds. The van der Waals surface area contributed by atoms with Crippen LogP contribution in [0, 0.1) is 0 Å². The summed E-state index contributed by atoms with van der Waals surface area (Å²) in [5, 5.41) is 3.25. The van der Waals surface area contributed by atoms with Crippen molar-refractivity contribution in [3.05, 3.63) is 77.4 Å². The highest BCUT2D eigenvalue weighted by Gasteiger charge is 2.19. The highest BCUT2D eigenvalue weighted by molar-refractivity contribution is 6.32. The normalized spacial score (nSPS) is 10.5. The largest absolute Gasteiger partial charge is 0.497 e. The molecule has 0 aliphatic carbocycles. The van der Waals surface area contributed by atoms with Crippen LogP contribution in [-0.2, 0) is 0 Å². The molecule has 168 valence electrons. The minimum absolute atomic E-state index is 0.307. The van der Waals surface area contributed by atoms with Gasteiger partial charge in [0, 0.05) is 17.3 Å². The summed E-state index contributed by atoms with van der Waals surface area (Å²) in [4.78, 5) is 17.4. The Balaban J connectivity index is 1.64. The quantitative estimate of drug-likeness (QED) is 0.364. The van der Waals surface area contributed by atoms with Crippen LogP contribution in [0.4, 0.5) is 5.69 Å². The zero-order chi connectivity index (χ0) is 23.4. The van der Waals surface area contributed by atoms with Gasteiger partial charge in [-0.2, -0.15) is 0 Å². The lowest BCUT2D eigenvalue weighted by atomic mass is 10.1. The summed E-state index contributed by atoms with van der Waals surface area (Å²) in [6.07, 6.45) is 1.59. The number of anilines is 1. The lowest BCUT2D eigenvalue weighted by molar-refractivity contribution is 0.102. The van der Waals surface area contributed by atoms with Crippen LogP contribution in [-0.4, -0.2) is 32.2 Å². The van der Waals surface area contributed by atoms with Gasteiger partial charge in [-0.3, -0.25) is 4.79 Å². The van der Waals surface area contributed by atoms with Crippen molar-refractivity contribution >= 4 is 23.2 Å². The number of hydrogen-bond donors (Lipinski definition) is 1. The first-order valence-electron chi connectivity index (χ1n) is 9.96. The summed E-state index contributed by atoms with van der Waals surface area (Å²) in [5.74, 6) is 2.25. The van der Waals surface area contributed by atoms with Gasteiger partial charge in [-0.05, 0) is 42.5 Å². The van der Waals surface area contributed by atoms with E-state index in [1.807, 2.05) is 12.1 Å². The fourth-order valence-electron chi connectivity index (χ4n) is 3.34. The monoisotopic (exact) mass is 464 g/mol. The van der Waals surface area contributed by atoms with Gasteiger partial charge in [-0.25, -0.2) is 4.98 Å². The maximum Gasteiger partial charge on any atom is 0.256 e. The van der Waals surface area contributed by atoms with E-state index in [1.165, 1.54) is 7.11 Å². The molecular weight excluding hydrogens is 444 g/mol. The van der Waals surface area contributed by atoms with Gasteiger partial charge in [0.1, 0.15) is 17.2 Å². The predicted octanol–water partition coefficient (Wildman–Crippen LogP) is 5.94. The average molecular weight is 465 g/mol. The van der Waals surface area contributed by atoms with Crippen LogP contribution in [0.3, 0.4) is 0 Å². The first-order valence-corrected chi connectivity index (χ1v) is 10.3. The number of ether oxygens (including phenoxy) is 3. The molecule has 0 fully saturated rings. The molecule has 0 bridgehead atoms. The number of methoxy groups -OCH3 is 3. The molecule has 1 N–H and O–H groups in total. The molecule has 8 heteroatoms. The Morgan fingerprint density at radius 1 is 0.909 bits per heavy atom. The maximum atomic E-state index is 13.0. The number of oxazole rings is 1. The summed E-state index contributed by atoms with van der Waals surface area (Å²) in [5.41, 5.74) is 2.20. The molecule has 1 heterocycles. The molecule has 7 nitrogen and oxygen atoms in total. The van der Waals surface area contributed by atoms with Crippen molar-refractivity contribution in [3.63, 3.8) is 0 Å². The fraction of sp³-hybridized carbons (Fsp3) is 0.120. The van der Waals surface area contributed by atoms with Gasteiger partial charge in [-0.15, -0.1) is 0 Å². The number of nitrogens with zero attached hydrogens (tertiary/aromatic N) is 1. The van der Waals surface area contributed by atoms with Gasteiger partial charge in [0.2, 0.25) is 5.89 Å². The zero-order valence-corrected chi connectivity index (χ0v) is 19.0. The van der Waals surface area contributed by atoms with Crippen molar-refractivity contribution in [2.24, 2.45) is 0 Å². The van der Waals surface area contributed by atoms with Gasteiger partial charge in [0.05, 0.1) is 43.7 Å². The standard InChI is InChI=1S/C25H21ClN2O5/c1-30-16-9-10-19(22(13-16)32-3)23-14-27-25(33-23)18-7-5-4-6-17(18)24(29)28-15-8-11-21(31-2)20(26)12-15/h4-14H,1-3H3,(H,28,29). The zero-order valence-electron chi connectivity index (χ0n) is 18.2. The number of benzene rings is 3. The Labute approximate surface area is 195 Å². The topological polar surface area (TPSA) is 82.8 Å². The third-order valence-corrected chi connectivity index (χ3v) is 5.29. The molecule has 0 unspecified atom stereocenters. The van der Waals surface area contributed by atoms with Crippen molar-refractivity contribution in [1.29, 1.82) is 0 Å². The molecule has 1 aromatic heterocycles. The van der Waals surface area contributed by atoms with E-state index in [-0.39, 0.29) is 5.91 Å². The third-order valence-electron chi connectivity index (χ3n) is 4.99. The van der Waals surface area contributed by atoms with E-state index in [2.05, 4.69) is 10.3 Å². The van der Waals surface area contributed by atoms with Crippen molar-refractivity contribution in [2.45, 2.75) is 0 Å². The van der Waals surface area contributed by atoms with E-state index in [0.29, 0.717) is 56.3 Å². The molecule has 0 saturated carbocycles. The Kier molecular flexibility index (Phi) is 6.51. The second kappa shape index (κ2) is 9.67. The molecular formula is C25H21ClN2O5. The van der Waals surface area contributed by atoms with Crippen LogP contribution >= 0.6 is 11.6 Å². The number of halogens is 1. The number of carbonyl (C=O) groups is 1. The smallest absolute Gasteiger partial charge is 0.256 e. The molecule has 0 spiro atoms. The Morgan fingerprint density at radius 2 is 1.70 bits per heavy atom. The van der Waals surface area contributed by atoms with Gasteiger partial charge in [0.25, 0.3) is 5.91 Å². The molecule has 3 aromatic carbocycles.